The zero-order valence-corrected chi connectivity index (χ0v) is 11.2. The number of urea groups is 1. The minimum absolute atomic E-state index is 0.0504. The van der Waals surface area contributed by atoms with E-state index >= 15 is 0 Å². The number of rotatable bonds is 2. The van der Waals surface area contributed by atoms with Crippen LogP contribution in [0.3, 0.4) is 0 Å². The van der Waals surface area contributed by atoms with E-state index in [-0.39, 0.29) is 11.3 Å². The van der Waals surface area contributed by atoms with E-state index < -0.39 is 17.4 Å². The summed E-state index contributed by atoms with van der Waals surface area (Å²) in [5.41, 5.74) is -0.888. The van der Waals surface area contributed by atoms with E-state index in [2.05, 4.69) is 26.1 Å². The summed E-state index contributed by atoms with van der Waals surface area (Å²) in [7, 11) is 0. The molecule has 1 N–H and O–H groups in total. The van der Waals surface area contributed by atoms with Crippen LogP contribution in [0.2, 0.25) is 0 Å². The predicted octanol–water partition coefficient (Wildman–Crippen LogP) is 1.67. The number of imide groups is 2. The second-order valence-electron chi connectivity index (χ2n) is 6.46. The van der Waals surface area contributed by atoms with Crippen molar-refractivity contribution in [2.45, 2.75) is 46.5 Å². The highest BCUT2D eigenvalue weighted by atomic mass is 16.2. The maximum absolute atomic E-state index is 12.3. The lowest BCUT2D eigenvalue weighted by Gasteiger charge is -2.44. The Balaban J connectivity index is 2.12. The number of hydrogen-bond acceptors (Lipinski definition) is 3. The van der Waals surface area contributed by atoms with Crippen molar-refractivity contribution in [2.75, 3.05) is 6.54 Å². The third-order valence-corrected chi connectivity index (χ3v) is 3.85. The predicted molar refractivity (Wildman–Crippen MR) is 65.6 cm³/mol. The smallest absolute Gasteiger partial charge is 0.277 e. The van der Waals surface area contributed by atoms with E-state index in [4.69, 9.17) is 0 Å². The summed E-state index contributed by atoms with van der Waals surface area (Å²) in [5.74, 6) is -0.706. The van der Waals surface area contributed by atoms with E-state index in [9.17, 15) is 14.4 Å². The molecular weight excluding hydrogens is 232 g/mol. The van der Waals surface area contributed by atoms with E-state index in [1.165, 1.54) is 4.90 Å². The fourth-order valence-corrected chi connectivity index (χ4v) is 2.35. The Morgan fingerprint density at radius 1 is 1.22 bits per heavy atom. The van der Waals surface area contributed by atoms with E-state index in [0.29, 0.717) is 19.4 Å². The second kappa shape index (κ2) is 4.07. The molecule has 2 aliphatic rings. The van der Waals surface area contributed by atoms with Crippen LogP contribution in [0.25, 0.3) is 0 Å². The molecule has 1 saturated carbocycles. The van der Waals surface area contributed by atoms with Crippen LogP contribution in [0.4, 0.5) is 4.79 Å². The number of barbiturate groups is 1. The Morgan fingerprint density at radius 3 is 2.28 bits per heavy atom. The highest BCUT2D eigenvalue weighted by Crippen LogP contribution is 2.44. The van der Waals surface area contributed by atoms with Gasteiger partial charge >= 0.3 is 6.03 Å². The molecule has 0 atom stereocenters. The molecule has 4 amide bonds. The summed E-state index contributed by atoms with van der Waals surface area (Å²) in [4.78, 5) is 37.0. The number of hydrogen-bond donors (Lipinski definition) is 1. The summed E-state index contributed by atoms with van der Waals surface area (Å²) in [5, 5.41) is 2.32. The average Bonchev–Trinajstić information content (AvgIpc) is 2.12. The van der Waals surface area contributed by atoms with Gasteiger partial charge in [0.25, 0.3) is 0 Å². The fraction of sp³-hybridized carbons (Fsp3) is 0.769. The molecule has 1 spiro atoms. The van der Waals surface area contributed by atoms with Crippen molar-refractivity contribution >= 4 is 17.8 Å². The Kier molecular flexibility index (Phi) is 2.95. The summed E-state index contributed by atoms with van der Waals surface area (Å²) in [6, 6.07) is -0.563. The van der Waals surface area contributed by atoms with Gasteiger partial charge in [-0.1, -0.05) is 27.2 Å². The Morgan fingerprint density at radius 2 is 1.83 bits per heavy atom. The summed E-state index contributed by atoms with van der Waals surface area (Å²) in [6.07, 6.45) is 2.74. The van der Waals surface area contributed by atoms with Gasteiger partial charge in [0.15, 0.2) is 0 Å². The van der Waals surface area contributed by atoms with Crippen LogP contribution in [0.5, 0.6) is 0 Å². The minimum atomic E-state index is -0.939. The lowest BCUT2D eigenvalue weighted by atomic mass is 9.66. The third-order valence-electron chi connectivity index (χ3n) is 3.85. The molecule has 5 nitrogen and oxygen atoms in total. The van der Waals surface area contributed by atoms with Gasteiger partial charge in [-0.25, -0.2) is 4.79 Å². The normalized spacial score (nSPS) is 23.1. The third kappa shape index (κ3) is 2.02. The van der Waals surface area contributed by atoms with Gasteiger partial charge in [-0.2, -0.15) is 0 Å². The maximum atomic E-state index is 12.3. The van der Waals surface area contributed by atoms with Gasteiger partial charge in [-0.15, -0.1) is 0 Å². The molecule has 1 aliphatic carbocycles. The number of nitrogens with zero attached hydrogens (tertiary/aromatic N) is 1. The molecule has 0 bridgehead atoms. The van der Waals surface area contributed by atoms with Crippen molar-refractivity contribution in [1.29, 1.82) is 0 Å². The van der Waals surface area contributed by atoms with Gasteiger partial charge in [-0.3, -0.25) is 19.8 Å². The van der Waals surface area contributed by atoms with Gasteiger partial charge in [0.2, 0.25) is 11.8 Å². The molecule has 1 aliphatic heterocycles. The number of nitrogens with one attached hydrogen (secondary N) is 1. The summed E-state index contributed by atoms with van der Waals surface area (Å²) in [6.45, 7) is 6.56. The fourth-order valence-electron chi connectivity index (χ4n) is 2.35. The largest absolute Gasteiger partial charge is 0.330 e. The van der Waals surface area contributed by atoms with Gasteiger partial charge in [0.05, 0.1) is 0 Å². The van der Waals surface area contributed by atoms with Gasteiger partial charge < -0.3 is 0 Å². The Labute approximate surface area is 107 Å². The SMILES string of the molecule is CC(C)(C)CCN1C(=O)NC(=O)C2(CCC2)C1=O. The lowest BCUT2D eigenvalue weighted by Crippen LogP contribution is -2.66. The Hall–Kier alpha value is -1.39. The molecule has 2 fully saturated rings. The highest BCUT2D eigenvalue weighted by Gasteiger charge is 2.57. The molecule has 0 radical (unpaired) electrons. The van der Waals surface area contributed by atoms with Crippen LogP contribution in [0.15, 0.2) is 0 Å². The standard InChI is InChI=1S/C13H20N2O3/c1-12(2,3)7-8-15-10(17)13(5-4-6-13)9(16)14-11(15)18/h4-8H2,1-3H3,(H,14,16,18). The van der Waals surface area contributed by atoms with Crippen LogP contribution in [0, 0.1) is 10.8 Å². The van der Waals surface area contributed by atoms with Crippen molar-refractivity contribution in [3.05, 3.63) is 0 Å². The quantitative estimate of drug-likeness (QED) is 0.760. The average molecular weight is 252 g/mol. The summed E-state index contributed by atoms with van der Waals surface area (Å²) >= 11 is 0. The topological polar surface area (TPSA) is 66.5 Å². The van der Waals surface area contributed by atoms with Crippen LogP contribution in [-0.4, -0.2) is 29.3 Å². The van der Waals surface area contributed by atoms with Crippen molar-refractivity contribution in [2.24, 2.45) is 10.8 Å². The first-order chi connectivity index (χ1) is 8.26. The molecule has 1 saturated heterocycles. The Bertz CT molecular complexity index is 405. The zero-order chi connectivity index (χ0) is 13.6. The molecule has 0 aromatic heterocycles. The first kappa shape index (κ1) is 13.1. The maximum Gasteiger partial charge on any atom is 0.330 e. The molecule has 1 heterocycles. The van der Waals surface area contributed by atoms with E-state index in [1.54, 1.807) is 0 Å². The molecule has 0 unspecified atom stereocenters. The van der Waals surface area contributed by atoms with E-state index in [0.717, 1.165) is 12.8 Å². The first-order valence-corrected chi connectivity index (χ1v) is 6.44. The molecule has 0 aromatic rings. The number of carbonyl (C=O) groups excluding carboxylic acids is 3. The van der Waals surface area contributed by atoms with Crippen molar-refractivity contribution in [3.8, 4) is 0 Å². The van der Waals surface area contributed by atoms with Crippen molar-refractivity contribution in [3.63, 3.8) is 0 Å². The first-order valence-electron chi connectivity index (χ1n) is 6.44. The molecule has 5 heteroatoms. The van der Waals surface area contributed by atoms with Crippen LogP contribution in [0.1, 0.15) is 46.5 Å². The second-order valence-corrected chi connectivity index (χ2v) is 6.46. The number of amides is 4. The number of carbonyl (C=O) groups is 3. The summed E-state index contributed by atoms with van der Waals surface area (Å²) < 4.78 is 0. The van der Waals surface area contributed by atoms with Gasteiger partial charge in [0.1, 0.15) is 5.41 Å². The van der Waals surface area contributed by atoms with Gasteiger partial charge in [0, 0.05) is 6.54 Å². The molecule has 2 rings (SSSR count). The van der Waals surface area contributed by atoms with Crippen LogP contribution in [-0.2, 0) is 9.59 Å². The van der Waals surface area contributed by atoms with Crippen LogP contribution < -0.4 is 5.32 Å². The van der Waals surface area contributed by atoms with Crippen molar-refractivity contribution in [1.82, 2.24) is 10.2 Å². The lowest BCUT2D eigenvalue weighted by molar-refractivity contribution is -0.157. The minimum Gasteiger partial charge on any atom is -0.277 e. The molecule has 0 aromatic carbocycles. The zero-order valence-electron chi connectivity index (χ0n) is 11.2. The van der Waals surface area contributed by atoms with Crippen molar-refractivity contribution < 1.29 is 14.4 Å². The molecule has 18 heavy (non-hydrogen) atoms. The monoisotopic (exact) mass is 252 g/mol. The van der Waals surface area contributed by atoms with E-state index in [1.807, 2.05) is 0 Å². The van der Waals surface area contributed by atoms with Crippen LogP contribution >= 0.6 is 0 Å². The molecular formula is C13H20N2O3. The van der Waals surface area contributed by atoms with Gasteiger partial charge in [-0.05, 0) is 24.7 Å². The highest BCUT2D eigenvalue weighted by molar-refractivity contribution is 6.19. The molecule has 100 valence electrons.